The second kappa shape index (κ2) is 6.98. The monoisotopic (exact) mass is 258 g/mol. The molecule has 1 saturated carbocycles. The van der Waals surface area contributed by atoms with Crippen molar-refractivity contribution in [2.75, 3.05) is 0 Å². The van der Waals surface area contributed by atoms with Gasteiger partial charge < -0.3 is 10.6 Å². The lowest BCUT2D eigenvalue weighted by Gasteiger charge is -2.29. The number of benzene rings is 1. The normalized spacial score (nSPS) is 23.2. The molecule has 0 aromatic heterocycles. The standard InChI is InChI=1S/C16H22N2O/c1-13-7-5-6-10-15(13)18-16(19)17-12-11-14-8-3-2-4-9-14/h2-4,8-9,11-13,15H,5-7,10H2,1H3,(H2,17,18,19)/b12-11+. The van der Waals surface area contributed by atoms with Gasteiger partial charge in [0.1, 0.15) is 0 Å². The van der Waals surface area contributed by atoms with E-state index in [0.29, 0.717) is 12.0 Å². The van der Waals surface area contributed by atoms with Crippen molar-refractivity contribution in [1.82, 2.24) is 10.6 Å². The summed E-state index contributed by atoms with van der Waals surface area (Å²) in [7, 11) is 0. The summed E-state index contributed by atoms with van der Waals surface area (Å²) in [6.45, 7) is 2.21. The zero-order valence-electron chi connectivity index (χ0n) is 11.4. The third-order valence-corrected chi connectivity index (χ3v) is 3.72. The van der Waals surface area contributed by atoms with Gasteiger partial charge in [0.15, 0.2) is 0 Å². The summed E-state index contributed by atoms with van der Waals surface area (Å²) in [5.74, 6) is 0.581. The van der Waals surface area contributed by atoms with Crippen LogP contribution in [0.3, 0.4) is 0 Å². The van der Waals surface area contributed by atoms with Crippen LogP contribution in [-0.4, -0.2) is 12.1 Å². The first-order chi connectivity index (χ1) is 9.25. The van der Waals surface area contributed by atoms with Crippen molar-refractivity contribution >= 4 is 12.1 Å². The molecule has 2 N–H and O–H groups in total. The van der Waals surface area contributed by atoms with Crippen molar-refractivity contribution in [1.29, 1.82) is 0 Å². The number of carbonyl (C=O) groups is 1. The van der Waals surface area contributed by atoms with Gasteiger partial charge in [0.05, 0.1) is 0 Å². The Hall–Kier alpha value is -1.77. The summed E-state index contributed by atoms with van der Waals surface area (Å²) in [6.07, 6.45) is 8.40. The topological polar surface area (TPSA) is 41.1 Å². The number of carbonyl (C=O) groups excluding carboxylic acids is 1. The highest BCUT2D eigenvalue weighted by Crippen LogP contribution is 2.23. The van der Waals surface area contributed by atoms with Crippen LogP contribution in [0.5, 0.6) is 0 Å². The highest BCUT2D eigenvalue weighted by Gasteiger charge is 2.22. The van der Waals surface area contributed by atoms with Gasteiger partial charge in [-0.05, 0) is 30.4 Å². The van der Waals surface area contributed by atoms with Gasteiger partial charge in [-0.2, -0.15) is 0 Å². The smallest absolute Gasteiger partial charge is 0.318 e. The molecule has 19 heavy (non-hydrogen) atoms. The molecule has 102 valence electrons. The molecule has 0 spiro atoms. The Balaban J connectivity index is 1.77. The predicted molar refractivity (Wildman–Crippen MR) is 78.6 cm³/mol. The van der Waals surface area contributed by atoms with Gasteiger partial charge in [0, 0.05) is 12.2 Å². The Kier molecular flexibility index (Phi) is 5.01. The van der Waals surface area contributed by atoms with E-state index >= 15 is 0 Å². The zero-order chi connectivity index (χ0) is 13.5. The lowest BCUT2D eigenvalue weighted by Crippen LogP contribution is -2.44. The molecule has 1 aromatic carbocycles. The largest absolute Gasteiger partial charge is 0.335 e. The molecule has 1 aliphatic carbocycles. The summed E-state index contributed by atoms with van der Waals surface area (Å²) in [5.41, 5.74) is 1.08. The first-order valence-electron chi connectivity index (χ1n) is 7.04. The number of hydrogen-bond acceptors (Lipinski definition) is 1. The van der Waals surface area contributed by atoms with Gasteiger partial charge in [-0.1, -0.05) is 50.1 Å². The Morgan fingerprint density at radius 2 is 1.95 bits per heavy atom. The average molecular weight is 258 g/mol. The van der Waals surface area contributed by atoms with Gasteiger partial charge in [0.2, 0.25) is 0 Å². The minimum atomic E-state index is -0.106. The molecule has 1 fully saturated rings. The molecular formula is C16H22N2O. The first-order valence-corrected chi connectivity index (χ1v) is 7.04. The van der Waals surface area contributed by atoms with Gasteiger partial charge >= 0.3 is 6.03 Å². The van der Waals surface area contributed by atoms with E-state index in [1.807, 2.05) is 36.4 Å². The summed E-state index contributed by atoms with van der Waals surface area (Å²) in [4.78, 5) is 11.8. The molecule has 0 aliphatic heterocycles. The molecule has 0 heterocycles. The highest BCUT2D eigenvalue weighted by atomic mass is 16.2. The van der Waals surface area contributed by atoms with Gasteiger partial charge in [-0.15, -0.1) is 0 Å². The van der Waals surface area contributed by atoms with Crippen LogP contribution in [0, 0.1) is 5.92 Å². The maximum Gasteiger partial charge on any atom is 0.318 e. The molecule has 1 aliphatic rings. The Bertz CT molecular complexity index is 428. The third kappa shape index (κ3) is 4.43. The van der Waals surface area contributed by atoms with E-state index in [-0.39, 0.29) is 6.03 Å². The van der Waals surface area contributed by atoms with Crippen LogP contribution in [-0.2, 0) is 0 Å². The molecule has 3 nitrogen and oxygen atoms in total. The minimum Gasteiger partial charge on any atom is -0.335 e. The second-order valence-electron chi connectivity index (χ2n) is 5.23. The van der Waals surface area contributed by atoms with Crippen LogP contribution in [0.15, 0.2) is 36.5 Å². The van der Waals surface area contributed by atoms with Crippen molar-refractivity contribution in [2.24, 2.45) is 5.92 Å². The maximum absolute atomic E-state index is 11.8. The van der Waals surface area contributed by atoms with Crippen LogP contribution < -0.4 is 10.6 Å². The number of amides is 2. The van der Waals surface area contributed by atoms with E-state index in [1.54, 1.807) is 6.20 Å². The molecule has 3 heteroatoms. The summed E-state index contributed by atoms with van der Waals surface area (Å²) >= 11 is 0. The molecule has 0 bridgehead atoms. The van der Waals surface area contributed by atoms with Gasteiger partial charge in [-0.3, -0.25) is 0 Å². The Morgan fingerprint density at radius 1 is 1.21 bits per heavy atom. The Morgan fingerprint density at radius 3 is 2.68 bits per heavy atom. The minimum absolute atomic E-state index is 0.106. The Labute approximate surface area is 115 Å². The molecule has 1 aromatic rings. The first kappa shape index (κ1) is 13.7. The van der Waals surface area contributed by atoms with Crippen molar-refractivity contribution in [2.45, 2.75) is 38.6 Å². The number of nitrogens with one attached hydrogen (secondary N) is 2. The van der Waals surface area contributed by atoms with E-state index in [2.05, 4.69) is 17.6 Å². The molecule has 0 saturated heterocycles. The van der Waals surface area contributed by atoms with Crippen LogP contribution >= 0.6 is 0 Å². The number of hydrogen-bond donors (Lipinski definition) is 2. The van der Waals surface area contributed by atoms with Crippen molar-refractivity contribution in [3.05, 3.63) is 42.1 Å². The molecule has 2 unspecified atom stereocenters. The fraction of sp³-hybridized carbons (Fsp3) is 0.438. The van der Waals surface area contributed by atoms with Crippen LogP contribution in [0.25, 0.3) is 6.08 Å². The molecule has 0 radical (unpaired) electrons. The quantitative estimate of drug-likeness (QED) is 0.855. The second-order valence-corrected chi connectivity index (χ2v) is 5.23. The lowest BCUT2D eigenvalue weighted by molar-refractivity contribution is 0.225. The summed E-state index contributed by atoms with van der Waals surface area (Å²) in [5, 5.41) is 5.82. The lowest BCUT2D eigenvalue weighted by atomic mass is 9.86. The number of urea groups is 1. The SMILES string of the molecule is CC1CCCCC1NC(=O)N/C=C/c1ccccc1. The summed E-state index contributed by atoms with van der Waals surface area (Å²) in [6, 6.07) is 10.1. The van der Waals surface area contributed by atoms with Crippen LogP contribution in [0.1, 0.15) is 38.2 Å². The highest BCUT2D eigenvalue weighted by molar-refractivity contribution is 5.76. The van der Waals surface area contributed by atoms with E-state index in [0.717, 1.165) is 12.0 Å². The fourth-order valence-electron chi connectivity index (χ4n) is 2.52. The van der Waals surface area contributed by atoms with E-state index in [1.165, 1.54) is 19.3 Å². The van der Waals surface area contributed by atoms with E-state index in [4.69, 9.17) is 0 Å². The van der Waals surface area contributed by atoms with Gasteiger partial charge in [0.25, 0.3) is 0 Å². The summed E-state index contributed by atoms with van der Waals surface area (Å²) < 4.78 is 0. The fourth-order valence-corrected chi connectivity index (χ4v) is 2.52. The molecule has 2 atom stereocenters. The van der Waals surface area contributed by atoms with Crippen LogP contribution in [0.4, 0.5) is 4.79 Å². The van der Waals surface area contributed by atoms with Crippen LogP contribution in [0.2, 0.25) is 0 Å². The third-order valence-electron chi connectivity index (χ3n) is 3.72. The van der Waals surface area contributed by atoms with Crippen molar-refractivity contribution in [3.8, 4) is 0 Å². The molecule has 2 amide bonds. The maximum atomic E-state index is 11.8. The van der Waals surface area contributed by atoms with E-state index in [9.17, 15) is 4.79 Å². The molecular weight excluding hydrogens is 236 g/mol. The predicted octanol–water partition coefficient (Wildman–Crippen LogP) is 3.54. The van der Waals surface area contributed by atoms with Gasteiger partial charge in [-0.25, -0.2) is 4.79 Å². The van der Waals surface area contributed by atoms with Crippen molar-refractivity contribution in [3.63, 3.8) is 0 Å². The molecule has 2 rings (SSSR count). The van der Waals surface area contributed by atoms with Crippen molar-refractivity contribution < 1.29 is 4.79 Å². The zero-order valence-corrected chi connectivity index (χ0v) is 11.4. The average Bonchev–Trinajstić information content (AvgIpc) is 2.43. The van der Waals surface area contributed by atoms with E-state index < -0.39 is 0 Å². The number of rotatable bonds is 3.